The molecule has 0 radical (unpaired) electrons. The molecule has 0 spiro atoms. The van der Waals surface area contributed by atoms with Gasteiger partial charge in [-0.2, -0.15) is 4.68 Å². The van der Waals surface area contributed by atoms with Crippen molar-refractivity contribution in [3.05, 3.63) is 6.33 Å². The summed E-state index contributed by atoms with van der Waals surface area (Å²) >= 11 is 0. The molecular weight excluding hydrogens is 296 g/mol. The summed E-state index contributed by atoms with van der Waals surface area (Å²) in [6.07, 6.45) is 1.95. The van der Waals surface area contributed by atoms with E-state index >= 15 is 0 Å². The van der Waals surface area contributed by atoms with E-state index in [1.165, 1.54) is 4.90 Å². The lowest BCUT2D eigenvalue weighted by Crippen LogP contribution is -2.34. The molecule has 1 aromatic rings. The van der Waals surface area contributed by atoms with Gasteiger partial charge in [-0.3, -0.25) is 0 Å². The van der Waals surface area contributed by atoms with Crippen molar-refractivity contribution in [2.24, 2.45) is 0 Å². The summed E-state index contributed by atoms with van der Waals surface area (Å²) in [7, 11) is -3.63. The van der Waals surface area contributed by atoms with Gasteiger partial charge in [0.1, 0.15) is 6.33 Å². The zero-order valence-electron chi connectivity index (χ0n) is 12.7. The molecule has 1 amide bonds. The van der Waals surface area contributed by atoms with E-state index in [0.717, 1.165) is 17.4 Å². The van der Waals surface area contributed by atoms with E-state index in [1.807, 2.05) is 20.8 Å². The maximum Gasteiger partial charge on any atom is 0.346 e. The Hall–Kier alpha value is -1.48. The number of hydrogen-bond donors (Lipinski definition) is 0. The zero-order chi connectivity index (χ0) is 15.9. The molecule has 0 fully saturated rings. The van der Waals surface area contributed by atoms with Crippen molar-refractivity contribution >= 4 is 15.9 Å². The van der Waals surface area contributed by atoms with Crippen molar-refractivity contribution in [1.29, 1.82) is 0 Å². The minimum atomic E-state index is -3.63. The molecule has 0 N–H and O–H groups in total. The molecule has 0 aliphatic carbocycles. The number of carbonyl (C=O) groups is 1. The van der Waals surface area contributed by atoms with Gasteiger partial charge in [0, 0.05) is 19.7 Å². The fourth-order valence-corrected chi connectivity index (χ4v) is 2.57. The van der Waals surface area contributed by atoms with Gasteiger partial charge in [-0.15, -0.1) is 5.10 Å². The van der Waals surface area contributed by atoms with Crippen LogP contribution in [0.3, 0.4) is 0 Å². The first-order valence-corrected chi connectivity index (χ1v) is 8.62. The molecule has 1 rings (SSSR count). The van der Waals surface area contributed by atoms with Gasteiger partial charge in [-0.25, -0.2) is 18.2 Å². The normalized spacial score (nSPS) is 11.6. The van der Waals surface area contributed by atoms with Crippen LogP contribution in [0, 0.1) is 0 Å². The summed E-state index contributed by atoms with van der Waals surface area (Å²) in [5, 5.41) is 3.42. The maximum atomic E-state index is 12.0. The van der Waals surface area contributed by atoms with Gasteiger partial charge in [0.2, 0.25) is 9.84 Å². The van der Waals surface area contributed by atoms with Crippen LogP contribution < -0.4 is 0 Å². The van der Waals surface area contributed by atoms with Crippen LogP contribution in [-0.4, -0.2) is 66.2 Å². The summed E-state index contributed by atoms with van der Waals surface area (Å²) in [6, 6.07) is -0.392. The Bertz CT molecular complexity index is 551. The van der Waals surface area contributed by atoms with E-state index in [0.29, 0.717) is 19.7 Å². The predicted molar refractivity (Wildman–Crippen MR) is 76.9 cm³/mol. The van der Waals surface area contributed by atoms with Crippen LogP contribution in [0.25, 0.3) is 0 Å². The molecular formula is C12H22N4O4S. The number of aromatic nitrogens is 3. The lowest BCUT2D eigenvalue weighted by atomic mass is 10.5. The molecule has 21 heavy (non-hydrogen) atoms. The summed E-state index contributed by atoms with van der Waals surface area (Å²) in [5.41, 5.74) is 0. The van der Waals surface area contributed by atoms with Crippen LogP contribution in [0.1, 0.15) is 27.2 Å². The molecule has 0 aliphatic rings. The number of ether oxygens (including phenoxy) is 1. The lowest BCUT2D eigenvalue weighted by molar-refractivity contribution is 0.149. The zero-order valence-corrected chi connectivity index (χ0v) is 13.5. The van der Waals surface area contributed by atoms with Crippen molar-refractivity contribution < 1.29 is 17.9 Å². The molecule has 0 aliphatic heterocycles. The smallest absolute Gasteiger partial charge is 0.346 e. The Morgan fingerprint density at radius 2 is 1.95 bits per heavy atom. The number of nitrogens with zero attached hydrogens (tertiary/aromatic N) is 4. The number of amides is 1. The number of rotatable bonds is 8. The van der Waals surface area contributed by atoms with E-state index in [4.69, 9.17) is 4.74 Å². The van der Waals surface area contributed by atoms with Crippen LogP contribution in [-0.2, 0) is 14.6 Å². The second kappa shape index (κ2) is 8.08. The van der Waals surface area contributed by atoms with E-state index in [1.54, 1.807) is 0 Å². The monoisotopic (exact) mass is 318 g/mol. The molecule has 0 bridgehead atoms. The van der Waals surface area contributed by atoms with Crippen LogP contribution in [0.4, 0.5) is 4.79 Å². The van der Waals surface area contributed by atoms with Gasteiger partial charge in [0.05, 0.1) is 12.4 Å². The summed E-state index contributed by atoms with van der Waals surface area (Å²) in [5.74, 6) is -0.198. The number of carbonyl (C=O) groups excluding carboxylic acids is 1. The first-order chi connectivity index (χ1) is 9.96. The molecule has 120 valence electrons. The van der Waals surface area contributed by atoms with E-state index in [9.17, 15) is 13.2 Å². The largest absolute Gasteiger partial charge is 0.380 e. The molecule has 9 heteroatoms. The molecule has 0 atom stereocenters. The Labute approximate surface area is 125 Å². The third kappa shape index (κ3) is 4.78. The second-order valence-corrected chi connectivity index (χ2v) is 6.36. The van der Waals surface area contributed by atoms with Crippen LogP contribution in [0.15, 0.2) is 11.5 Å². The topological polar surface area (TPSA) is 94.4 Å². The highest BCUT2D eigenvalue weighted by Crippen LogP contribution is 2.05. The highest BCUT2D eigenvalue weighted by Gasteiger charge is 2.22. The fourth-order valence-electron chi connectivity index (χ4n) is 1.63. The van der Waals surface area contributed by atoms with E-state index < -0.39 is 15.9 Å². The average molecular weight is 318 g/mol. The SMILES string of the molecule is CCCOCCS(=O)(=O)c1ncn(C(=O)N(CC)CC)n1. The van der Waals surface area contributed by atoms with Gasteiger partial charge in [0.25, 0.3) is 5.16 Å². The first-order valence-electron chi connectivity index (χ1n) is 6.97. The summed E-state index contributed by atoms with van der Waals surface area (Å²) in [4.78, 5) is 17.3. The highest BCUT2D eigenvalue weighted by molar-refractivity contribution is 7.91. The minimum absolute atomic E-state index is 0.0920. The van der Waals surface area contributed by atoms with Gasteiger partial charge < -0.3 is 9.64 Å². The Morgan fingerprint density at radius 1 is 1.29 bits per heavy atom. The summed E-state index contributed by atoms with van der Waals surface area (Å²) in [6.45, 7) is 7.25. The van der Waals surface area contributed by atoms with Crippen molar-refractivity contribution in [3.8, 4) is 0 Å². The van der Waals surface area contributed by atoms with E-state index in [-0.39, 0.29) is 17.5 Å². The van der Waals surface area contributed by atoms with Gasteiger partial charge >= 0.3 is 6.03 Å². The van der Waals surface area contributed by atoms with Crippen molar-refractivity contribution in [1.82, 2.24) is 19.7 Å². The van der Waals surface area contributed by atoms with Crippen LogP contribution >= 0.6 is 0 Å². The van der Waals surface area contributed by atoms with Gasteiger partial charge in [-0.05, 0) is 20.3 Å². The highest BCUT2D eigenvalue weighted by atomic mass is 32.2. The van der Waals surface area contributed by atoms with Crippen molar-refractivity contribution in [3.63, 3.8) is 0 Å². The Balaban J connectivity index is 2.75. The Morgan fingerprint density at radius 3 is 2.52 bits per heavy atom. The molecule has 8 nitrogen and oxygen atoms in total. The summed E-state index contributed by atoms with van der Waals surface area (Å²) < 4.78 is 30.1. The van der Waals surface area contributed by atoms with Gasteiger partial charge in [0.15, 0.2) is 0 Å². The third-order valence-corrected chi connectivity index (χ3v) is 4.27. The van der Waals surface area contributed by atoms with Crippen molar-refractivity contribution in [2.75, 3.05) is 32.1 Å². The fraction of sp³-hybridized carbons (Fsp3) is 0.750. The molecule has 1 heterocycles. The molecule has 1 aromatic heterocycles. The predicted octanol–water partition coefficient (Wildman–Crippen LogP) is 0.788. The Kier molecular flexibility index (Phi) is 6.76. The second-order valence-electron chi connectivity index (χ2n) is 4.36. The van der Waals surface area contributed by atoms with Crippen molar-refractivity contribution in [2.45, 2.75) is 32.3 Å². The lowest BCUT2D eigenvalue weighted by Gasteiger charge is -2.17. The average Bonchev–Trinajstić information content (AvgIpc) is 2.95. The number of hydrogen-bond acceptors (Lipinski definition) is 6. The molecule has 0 aromatic carbocycles. The third-order valence-electron chi connectivity index (χ3n) is 2.82. The maximum absolute atomic E-state index is 12.0. The van der Waals surface area contributed by atoms with E-state index in [2.05, 4.69) is 10.1 Å². The quantitative estimate of drug-likeness (QED) is 0.658. The minimum Gasteiger partial charge on any atom is -0.380 e. The number of sulfone groups is 1. The van der Waals surface area contributed by atoms with Crippen LogP contribution in [0.5, 0.6) is 0 Å². The molecule has 0 unspecified atom stereocenters. The standard InChI is InChI=1S/C12H22N4O4S/c1-4-7-20-8-9-21(18,19)11-13-10-16(14-11)12(17)15(5-2)6-3/h10H,4-9H2,1-3H3. The van der Waals surface area contributed by atoms with Gasteiger partial charge in [-0.1, -0.05) is 6.92 Å². The molecule has 0 saturated heterocycles. The first kappa shape index (κ1) is 17.6. The molecule has 0 saturated carbocycles. The van der Waals surface area contributed by atoms with Crippen LogP contribution in [0.2, 0.25) is 0 Å².